The maximum Gasteiger partial charge on any atom is 0.236 e. The number of hydrogen-bond acceptors (Lipinski definition) is 6. The van der Waals surface area contributed by atoms with Gasteiger partial charge < -0.3 is 5.32 Å². The van der Waals surface area contributed by atoms with Crippen LogP contribution in [0.3, 0.4) is 0 Å². The van der Waals surface area contributed by atoms with Gasteiger partial charge >= 0.3 is 0 Å². The Bertz CT molecular complexity index is 733. The number of anilines is 2. The monoisotopic (exact) mass is 392 g/mol. The van der Waals surface area contributed by atoms with Crippen molar-refractivity contribution in [1.82, 2.24) is 10.2 Å². The van der Waals surface area contributed by atoms with E-state index in [-0.39, 0.29) is 23.3 Å². The summed E-state index contributed by atoms with van der Waals surface area (Å²) in [6, 6.07) is 7.61. The van der Waals surface area contributed by atoms with E-state index in [1.54, 1.807) is 0 Å². The van der Waals surface area contributed by atoms with Crippen LogP contribution in [0.15, 0.2) is 24.3 Å². The van der Waals surface area contributed by atoms with Crippen LogP contribution in [0, 0.1) is 6.92 Å². The van der Waals surface area contributed by atoms with Gasteiger partial charge in [0.2, 0.25) is 16.9 Å². The minimum Gasteiger partial charge on any atom is -0.325 e. The number of carbonyl (C=O) groups excluding carboxylic acids is 2. The molecular weight excluding hydrogens is 368 g/mol. The largest absolute Gasteiger partial charge is 0.325 e. The van der Waals surface area contributed by atoms with E-state index in [1.165, 1.54) is 29.5 Å². The summed E-state index contributed by atoms with van der Waals surface area (Å²) in [7, 11) is 0. The van der Waals surface area contributed by atoms with E-state index in [9.17, 15) is 9.59 Å². The molecular formula is C18H24N4O2S2. The predicted octanol–water partition coefficient (Wildman–Crippen LogP) is 3.89. The number of nitrogens with zero attached hydrogens (tertiary/aromatic N) is 2. The smallest absolute Gasteiger partial charge is 0.236 e. The fourth-order valence-electron chi connectivity index (χ4n) is 2.24. The molecule has 0 aliphatic rings. The van der Waals surface area contributed by atoms with E-state index in [0.717, 1.165) is 35.5 Å². The van der Waals surface area contributed by atoms with Crippen molar-refractivity contribution in [3.05, 3.63) is 34.8 Å². The Balaban J connectivity index is 1.66. The Kier molecular flexibility index (Phi) is 8.57. The molecule has 0 saturated carbocycles. The van der Waals surface area contributed by atoms with Crippen LogP contribution < -0.4 is 10.6 Å². The summed E-state index contributed by atoms with van der Waals surface area (Å²) >= 11 is 2.68. The van der Waals surface area contributed by atoms with Gasteiger partial charge in [0.25, 0.3) is 0 Å². The molecule has 1 aromatic heterocycles. The second-order valence-corrected chi connectivity index (χ2v) is 7.96. The summed E-state index contributed by atoms with van der Waals surface area (Å²) in [6.07, 6.45) is 4.32. The Labute approximate surface area is 162 Å². The molecule has 0 fully saturated rings. The predicted molar refractivity (Wildman–Crippen MR) is 109 cm³/mol. The Hall–Kier alpha value is -1.93. The number of carbonyl (C=O) groups is 2. The molecule has 0 aliphatic carbocycles. The quantitative estimate of drug-likeness (QED) is 0.599. The number of nitrogens with one attached hydrogen (secondary N) is 2. The molecule has 6 nitrogen and oxygen atoms in total. The van der Waals surface area contributed by atoms with Gasteiger partial charge in [-0.2, -0.15) is 0 Å². The molecule has 2 aromatic rings. The van der Waals surface area contributed by atoms with Crippen molar-refractivity contribution in [3.8, 4) is 0 Å². The molecule has 0 saturated heterocycles. The summed E-state index contributed by atoms with van der Waals surface area (Å²) in [5.74, 6) is 0.128. The van der Waals surface area contributed by atoms with Crippen LogP contribution in [-0.4, -0.2) is 33.5 Å². The maximum atomic E-state index is 11.9. The highest BCUT2D eigenvalue weighted by Crippen LogP contribution is 2.18. The molecule has 0 aliphatic heterocycles. The van der Waals surface area contributed by atoms with E-state index >= 15 is 0 Å². The molecule has 1 aromatic carbocycles. The van der Waals surface area contributed by atoms with Crippen LogP contribution in [0.5, 0.6) is 0 Å². The van der Waals surface area contributed by atoms with Crippen LogP contribution in [-0.2, 0) is 16.0 Å². The van der Waals surface area contributed by atoms with Crippen molar-refractivity contribution < 1.29 is 9.59 Å². The van der Waals surface area contributed by atoms with Crippen molar-refractivity contribution in [2.45, 2.75) is 39.5 Å². The van der Waals surface area contributed by atoms with E-state index in [2.05, 4.69) is 27.8 Å². The van der Waals surface area contributed by atoms with Crippen molar-refractivity contribution >= 4 is 45.7 Å². The number of hydrogen-bond donors (Lipinski definition) is 2. The van der Waals surface area contributed by atoms with Crippen LogP contribution >= 0.6 is 23.1 Å². The first-order chi connectivity index (χ1) is 12.6. The highest BCUT2D eigenvalue weighted by Gasteiger charge is 2.10. The molecule has 2 N–H and O–H groups in total. The maximum absolute atomic E-state index is 11.9. The normalized spacial score (nSPS) is 10.5. The lowest BCUT2D eigenvalue weighted by molar-refractivity contribution is -0.114. The van der Waals surface area contributed by atoms with Crippen molar-refractivity contribution in [1.29, 1.82) is 0 Å². The van der Waals surface area contributed by atoms with Crippen LogP contribution in [0.25, 0.3) is 0 Å². The summed E-state index contributed by atoms with van der Waals surface area (Å²) in [4.78, 5) is 23.8. The Morgan fingerprint density at radius 2 is 1.88 bits per heavy atom. The van der Waals surface area contributed by atoms with Crippen molar-refractivity contribution in [3.63, 3.8) is 0 Å². The molecule has 0 unspecified atom stereocenters. The first-order valence-corrected chi connectivity index (χ1v) is 10.6. The van der Waals surface area contributed by atoms with Crippen molar-refractivity contribution in [2.75, 3.05) is 22.1 Å². The second-order valence-electron chi connectivity index (χ2n) is 5.92. The van der Waals surface area contributed by atoms with Gasteiger partial charge in [0, 0.05) is 12.1 Å². The average Bonchev–Trinajstić information content (AvgIpc) is 3.02. The van der Waals surface area contributed by atoms with Crippen LogP contribution in [0.1, 0.15) is 36.8 Å². The van der Waals surface area contributed by atoms with Crippen LogP contribution in [0.2, 0.25) is 0 Å². The SMILES string of the molecule is CCCCCc1nnc(NC(=O)CSCC(=O)Nc2cccc(C)c2)s1. The lowest BCUT2D eigenvalue weighted by Crippen LogP contribution is -2.18. The number of thioether (sulfide) groups is 1. The molecule has 140 valence electrons. The first-order valence-electron chi connectivity index (χ1n) is 8.63. The molecule has 2 rings (SSSR count). The minimum atomic E-state index is -0.172. The molecule has 2 amide bonds. The fraction of sp³-hybridized carbons (Fsp3) is 0.444. The molecule has 26 heavy (non-hydrogen) atoms. The topological polar surface area (TPSA) is 84.0 Å². The number of benzene rings is 1. The molecule has 0 atom stereocenters. The molecule has 8 heteroatoms. The van der Waals surface area contributed by atoms with Gasteiger partial charge in [-0.25, -0.2) is 0 Å². The Morgan fingerprint density at radius 3 is 2.62 bits per heavy atom. The van der Waals surface area contributed by atoms with Gasteiger partial charge in [-0.1, -0.05) is 43.2 Å². The van der Waals surface area contributed by atoms with E-state index < -0.39 is 0 Å². The average molecular weight is 393 g/mol. The number of aryl methyl sites for hydroxylation is 2. The zero-order chi connectivity index (χ0) is 18.8. The van der Waals surface area contributed by atoms with Gasteiger partial charge in [0.15, 0.2) is 0 Å². The third kappa shape index (κ3) is 7.53. The first kappa shape index (κ1) is 20.4. The molecule has 0 spiro atoms. The lowest BCUT2D eigenvalue weighted by atomic mass is 10.2. The van der Waals surface area contributed by atoms with Gasteiger partial charge in [-0.3, -0.25) is 14.9 Å². The summed E-state index contributed by atoms with van der Waals surface area (Å²) in [5, 5.41) is 15.1. The third-order valence-corrected chi connectivity index (χ3v) is 5.31. The number of aromatic nitrogens is 2. The van der Waals surface area contributed by atoms with E-state index in [1.807, 2.05) is 31.2 Å². The van der Waals surface area contributed by atoms with E-state index in [0.29, 0.717) is 5.13 Å². The fourth-order valence-corrected chi connectivity index (χ4v) is 3.66. The highest BCUT2D eigenvalue weighted by molar-refractivity contribution is 8.00. The molecule has 1 heterocycles. The van der Waals surface area contributed by atoms with Crippen molar-refractivity contribution in [2.24, 2.45) is 0 Å². The number of rotatable bonds is 10. The molecule has 0 bridgehead atoms. The summed E-state index contributed by atoms with van der Waals surface area (Å²) < 4.78 is 0. The van der Waals surface area contributed by atoms with Gasteiger partial charge in [-0.05, 0) is 31.0 Å². The minimum absolute atomic E-state index is 0.123. The van der Waals surface area contributed by atoms with Gasteiger partial charge in [0.05, 0.1) is 11.5 Å². The van der Waals surface area contributed by atoms with E-state index in [4.69, 9.17) is 0 Å². The number of unbranched alkanes of at least 4 members (excludes halogenated alkanes) is 2. The zero-order valence-corrected chi connectivity index (χ0v) is 16.7. The number of amides is 2. The second kappa shape index (κ2) is 10.9. The zero-order valence-electron chi connectivity index (χ0n) is 15.1. The lowest BCUT2D eigenvalue weighted by Gasteiger charge is -2.05. The standard InChI is InChI=1S/C18H24N4O2S2/c1-3-4-5-9-17-21-22-18(26-17)20-16(24)12-25-11-15(23)19-14-8-6-7-13(2)10-14/h6-8,10H,3-5,9,11-12H2,1-2H3,(H,19,23)(H,20,22,24). The van der Waals surface area contributed by atoms with Crippen LogP contribution in [0.4, 0.5) is 10.8 Å². The molecule has 0 radical (unpaired) electrons. The summed E-state index contributed by atoms with van der Waals surface area (Å²) in [6.45, 7) is 4.13. The van der Waals surface area contributed by atoms with Gasteiger partial charge in [0.1, 0.15) is 5.01 Å². The Morgan fingerprint density at radius 1 is 1.12 bits per heavy atom. The summed E-state index contributed by atoms with van der Waals surface area (Å²) in [5.41, 5.74) is 1.85. The third-order valence-electron chi connectivity index (χ3n) is 3.48. The van der Waals surface area contributed by atoms with Gasteiger partial charge in [-0.15, -0.1) is 22.0 Å². The highest BCUT2D eigenvalue weighted by atomic mass is 32.2.